The van der Waals surface area contributed by atoms with Gasteiger partial charge in [0.1, 0.15) is 0 Å². The number of unbranched alkanes of at least 4 members (excludes halogenated alkanes) is 15. The molecule has 1 aliphatic rings. The van der Waals surface area contributed by atoms with Crippen LogP contribution in [0, 0.1) is 0 Å². The lowest BCUT2D eigenvalue weighted by Gasteiger charge is -2.26. The van der Waals surface area contributed by atoms with E-state index in [4.69, 9.17) is 9.29 Å². The highest BCUT2D eigenvalue weighted by molar-refractivity contribution is 7.80. The van der Waals surface area contributed by atoms with Crippen molar-refractivity contribution in [1.82, 2.24) is 4.90 Å². The number of ether oxygens (including phenoxy) is 1. The highest BCUT2D eigenvalue weighted by Crippen LogP contribution is 2.14. The fraction of sp³-hybridized carbons (Fsp3) is 1.00. The summed E-state index contributed by atoms with van der Waals surface area (Å²) in [4.78, 5) is 2.56. The van der Waals surface area contributed by atoms with E-state index in [0.717, 1.165) is 26.3 Å². The van der Waals surface area contributed by atoms with Gasteiger partial charge >= 0.3 is 10.4 Å². The SMILES string of the molecule is CCCCCCCCCCCCCCCCCCN1CCOCC1.CCOS(=O)(=O)O. The Morgan fingerprint density at radius 2 is 1.10 bits per heavy atom. The molecule has 31 heavy (non-hydrogen) atoms. The molecule has 0 atom stereocenters. The summed E-state index contributed by atoms with van der Waals surface area (Å²) in [6, 6.07) is 0. The van der Waals surface area contributed by atoms with E-state index >= 15 is 0 Å². The van der Waals surface area contributed by atoms with E-state index in [1.807, 2.05) is 0 Å². The molecule has 188 valence electrons. The van der Waals surface area contributed by atoms with Gasteiger partial charge in [-0.25, -0.2) is 4.18 Å². The summed E-state index contributed by atoms with van der Waals surface area (Å²) in [5.74, 6) is 0. The van der Waals surface area contributed by atoms with Crippen molar-refractivity contribution in [3.8, 4) is 0 Å². The minimum absolute atomic E-state index is 0.0289. The Hall–Kier alpha value is -0.210. The van der Waals surface area contributed by atoms with Gasteiger partial charge in [0.25, 0.3) is 0 Å². The minimum atomic E-state index is -4.17. The maximum Gasteiger partial charge on any atom is 0.397 e. The normalized spacial score (nSPS) is 14.9. The molecule has 1 saturated heterocycles. The standard InChI is InChI=1S/C22H45NO.C2H6O4S/c1-2-3-4-5-6-7-8-9-10-11-12-13-14-15-16-17-18-23-19-21-24-22-20-23;1-2-6-7(3,4)5/h2-22H2,1H3;2H2,1H3,(H,3,4,5). The van der Waals surface area contributed by atoms with Gasteiger partial charge in [-0.2, -0.15) is 8.42 Å². The monoisotopic (exact) mass is 465 g/mol. The molecule has 0 radical (unpaired) electrons. The van der Waals surface area contributed by atoms with Crippen LogP contribution < -0.4 is 0 Å². The number of hydrogen-bond acceptors (Lipinski definition) is 5. The van der Waals surface area contributed by atoms with Crippen molar-refractivity contribution < 1.29 is 21.9 Å². The van der Waals surface area contributed by atoms with E-state index in [9.17, 15) is 8.42 Å². The molecule has 0 aromatic rings. The molecule has 0 saturated carbocycles. The zero-order valence-electron chi connectivity index (χ0n) is 20.5. The van der Waals surface area contributed by atoms with Gasteiger partial charge in [-0.15, -0.1) is 0 Å². The van der Waals surface area contributed by atoms with Gasteiger partial charge < -0.3 is 4.74 Å². The largest absolute Gasteiger partial charge is 0.397 e. The summed E-state index contributed by atoms with van der Waals surface area (Å²) in [6.45, 7) is 9.22. The molecular formula is C24H51NO5S. The van der Waals surface area contributed by atoms with Gasteiger partial charge in [0.15, 0.2) is 0 Å². The molecule has 0 aromatic carbocycles. The van der Waals surface area contributed by atoms with Crippen LogP contribution in [-0.2, 0) is 19.3 Å². The average Bonchev–Trinajstić information content (AvgIpc) is 2.74. The summed E-state index contributed by atoms with van der Waals surface area (Å²) in [7, 11) is -4.17. The zero-order valence-corrected chi connectivity index (χ0v) is 21.3. The second-order valence-electron chi connectivity index (χ2n) is 8.59. The van der Waals surface area contributed by atoms with Gasteiger partial charge in [0.2, 0.25) is 0 Å². The number of rotatable bonds is 19. The summed E-state index contributed by atoms with van der Waals surface area (Å²) in [5, 5.41) is 0. The Bertz CT molecular complexity index is 453. The van der Waals surface area contributed by atoms with Crippen molar-refractivity contribution >= 4 is 10.4 Å². The van der Waals surface area contributed by atoms with Crippen LogP contribution in [0.3, 0.4) is 0 Å². The first-order valence-electron chi connectivity index (χ1n) is 12.9. The molecule has 1 N–H and O–H groups in total. The van der Waals surface area contributed by atoms with Gasteiger partial charge in [0, 0.05) is 13.1 Å². The van der Waals surface area contributed by atoms with E-state index < -0.39 is 10.4 Å². The van der Waals surface area contributed by atoms with Crippen LogP contribution in [0.25, 0.3) is 0 Å². The minimum Gasteiger partial charge on any atom is -0.379 e. The van der Waals surface area contributed by atoms with E-state index in [0.29, 0.717) is 0 Å². The Balaban J connectivity index is 0.00000110. The van der Waals surface area contributed by atoms with Gasteiger partial charge in [-0.05, 0) is 19.9 Å². The predicted molar refractivity (Wildman–Crippen MR) is 130 cm³/mol. The Morgan fingerprint density at radius 3 is 1.42 bits per heavy atom. The number of hydrogen-bond donors (Lipinski definition) is 1. The van der Waals surface area contributed by atoms with Crippen molar-refractivity contribution in [3.63, 3.8) is 0 Å². The van der Waals surface area contributed by atoms with Crippen LogP contribution in [0.1, 0.15) is 117 Å². The maximum absolute atomic E-state index is 9.56. The Morgan fingerprint density at radius 1 is 0.710 bits per heavy atom. The van der Waals surface area contributed by atoms with Gasteiger partial charge in [-0.3, -0.25) is 9.45 Å². The first-order chi connectivity index (χ1) is 15.0. The molecule has 0 unspecified atom stereocenters. The summed E-state index contributed by atoms with van der Waals surface area (Å²) < 4.78 is 36.0. The van der Waals surface area contributed by atoms with Gasteiger partial charge in [0.05, 0.1) is 19.8 Å². The molecule has 1 heterocycles. The lowest BCUT2D eigenvalue weighted by atomic mass is 10.0. The fourth-order valence-corrected chi connectivity index (χ4v) is 4.16. The van der Waals surface area contributed by atoms with Crippen LogP contribution in [0.5, 0.6) is 0 Å². The van der Waals surface area contributed by atoms with Crippen LogP contribution in [-0.4, -0.2) is 57.3 Å². The Kier molecular flexibility index (Phi) is 22.8. The van der Waals surface area contributed by atoms with Crippen molar-refractivity contribution in [2.45, 2.75) is 117 Å². The van der Waals surface area contributed by atoms with E-state index in [-0.39, 0.29) is 6.61 Å². The first-order valence-corrected chi connectivity index (χ1v) is 14.3. The van der Waals surface area contributed by atoms with E-state index in [1.165, 1.54) is 116 Å². The molecule has 1 rings (SSSR count). The Labute approximate surface area is 193 Å². The molecule has 0 amide bonds. The average molecular weight is 466 g/mol. The van der Waals surface area contributed by atoms with E-state index in [2.05, 4.69) is 16.0 Å². The van der Waals surface area contributed by atoms with Crippen LogP contribution in [0.15, 0.2) is 0 Å². The third kappa shape index (κ3) is 25.9. The summed E-state index contributed by atoms with van der Waals surface area (Å²) in [6.07, 6.45) is 23.3. The molecule has 1 fully saturated rings. The molecule has 7 heteroatoms. The summed E-state index contributed by atoms with van der Waals surface area (Å²) in [5.41, 5.74) is 0. The third-order valence-corrected chi connectivity index (χ3v) is 6.23. The second kappa shape index (κ2) is 23.0. The first kappa shape index (κ1) is 30.8. The fourth-order valence-electron chi connectivity index (χ4n) is 3.86. The topological polar surface area (TPSA) is 76.1 Å². The molecular weight excluding hydrogens is 414 g/mol. The molecule has 6 nitrogen and oxygen atoms in total. The maximum atomic E-state index is 9.56. The van der Waals surface area contributed by atoms with Crippen molar-refractivity contribution in [1.29, 1.82) is 0 Å². The molecule has 0 spiro atoms. The van der Waals surface area contributed by atoms with Crippen LogP contribution in [0.4, 0.5) is 0 Å². The zero-order chi connectivity index (χ0) is 23.0. The van der Waals surface area contributed by atoms with Crippen LogP contribution >= 0.6 is 0 Å². The number of morpholine rings is 1. The molecule has 0 aromatic heterocycles. The van der Waals surface area contributed by atoms with Crippen LogP contribution in [0.2, 0.25) is 0 Å². The van der Waals surface area contributed by atoms with Gasteiger partial charge in [-0.1, -0.05) is 103 Å². The lowest BCUT2D eigenvalue weighted by Crippen LogP contribution is -2.36. The quantitative estimate of drug-likeness (QED) is 0.175. The molecule has 0 aliphatic carbocycles. The highest BCUT2D eigenvalue weighted by atomic mass is 32.3. The lowest BCUT2D eigenvalue weighted by molar-refractivity contribution is 0.0371. The van der Waals surface area contributed by atoms with E-state index in [1.54, 1.807) is 0 Å². The predicted octanol–water partition coefficient (Wildman–Crippen LogP) is 6.41. The van der Waals surface area contributed by atoms with Crippen molar-refractivity contribution in [2.24, 2.45) is 0 Å². The smallest absolute Gasteiger partial charge is 0.379 e. The summed E-state index contributed by atoms with van der Waals surface area (Å²) >= 11 is 0. The molecule has 1 aliphatic heterocycles. The highest BCUT2D eigenvalue weighted by Gasteiger charge is 2.08. The second-order valence-corrected chi connectivity index (χ2v) is 9.68. The van der Waals surface area contributed by atoms with Crippen molar-refractivity contribution in [3.05, 3.63) is 0 Å². The third-order valence-electron chi connectivity index (χ3n) is 5.70. The number of nitrogens with zero attached hydrogens (tertiary/aromatic N) is 1. The molecule has 0 bridgehead atoms. The van der Waals surface area contributed by atoms with Crippen molar-refractivity contribution in [2.75, 3.05) is 39.5 Å².